The molecule has 0 fully saturated rings. The van der Waals surface area contributed by atoms with E-state index in [1.807, 2.05) is 13.8 Å². The molecule has 0 amide bonds. The Morgan fingerprint density at radius 3 is 1.83 bits per heavy atom. The summed E-state index contributed by atoms with van der Waals surface area (Å²) in [4.78, 5) is 0. The summed E-state index contributed by atoms with van der Waals surface area (Å²) in [6.45, 7) is 9.90. The largest absolute Gasteiger partial charge is 0.353 e. The second-order valence-corrected chi connectivity index (χ2v) is 3.09. The van der Waals surface area contributed by atoms with Crippen LogP contribution in [0, 0.1) is 5.92 Å². The van der Waals surface area contributed by atoms with Crippen molar-refractivity contribution >= 4 is 0 Å². The van der Waals surface area contributed by atoms with Crippen LogP contribution in [-0.2, 0) is 9.47 Å². The third-order valence-electron chi connectivity index (χ3n) is 2.00. The maximum atomic E-state index is 5.43. The minimum atomic E-state index is 0.00921. The fourth-order valence-corrected chi connectivity index (χ4v) is 1.05. The molecule has 0 saturated carbocycles. The van der Waals surface area contributed by atoms with Gasteiger partial charge < -0.3 is 9.47 Å². The molecule has 2 nitrogen and oxygen atoms in total. The summed E-state index contributed by atoms with van der Waals surface area (Å²) in [5, 5.41) is 0. The lowest BCUT2D eigenvalue weighted by Gasteiger charge is -2.19. The zero-order chi connectivity index (χ0) is 9.40. The molecule has 0 aliphatic heterocycles. The minimum absolute atomic E-state index is 0.00921. The maximum Gasteiger partial charge on any atom is 0.157 e. The van der Waals surface area contributed by atoms with Gasteiger partial charge in [0.05, 0.1) is 0 Å². The molecule has 1 atom stereocenters. The summed E-state index contributed by atoms with van der Waals surface area (Å²) in [7, 11) is 0. The number of ether oxygens (including phenoxy) is 2. The van der Waals surface area contributed by atoms with Crippen LogP contribution in [0.1, 0.15) is 40.5 Å². The highest BCUT2D eigenvalue weighted by atomic mass is 16.7. The predicted octanol–water partition coefficient (Wildman–Crippen LogP) is 2.82. The molecular weight excluding hydrogens is 152 g/mol. The second-order valence-electron chi connectivity index (χ2n) is 3.09. The van der Waals surface area contributed by atoms with Crippen LogP contribution >= 0.6 is 0 Å². The van der Waals surface area contributed by atoms with Gasteiger partial charge in [-0.3, -0.25) is 0 Å². The summed E-state index contributed by atoms with van der Waals surface area (Å²) in [6.07, 6.45) is 2.21. The Balaban J connectivity index is 3.61. The fraction of sp³-hybridized carbons (Fsp3) is 1.00. The Kier molecular flexibility index (Phi) is 7.51. The Morgan fingerprint density at radius 2 is 1.50 bits per heavy atom. The predicted molar refractivity (Wildman–Crippen MR) is 51.1 cm³/mol. The smallest absolute Gasteiger partial charge is 0.157 e. The number of hydrogen-bond donors (Lipinski definition) is 0. The van der Waals surface area contributed by atoms with Crippen molar-refractivity contribution in [3.8, 4) is 0 Å². The summed E-state index contributed by atoms with van der Waals surface area (Å²) < 4.78 is 10.9. The average Bonchev–Trinajstić information content (AvgIpc) is 2.05. The van der Waals surface area contributed by atoms with Gasteiger partial charge in [0, 0.05) is 19.6 Å². The standard InChI is InChI=1S/C10H22O2/c1-5-9(4)8-10(11-6-2)12-7-3/h9-10H,5-8H2,1-4H3. The first-order valence-corrected chi connectivity index (χ1v) is 4.97. The van der Waals surface area contributed by atoms with E-state index in [9.17, 15) is 0 Å². The Labute approximate surface area is 76.3 Å². The molecule has 74 valence electrons. The Hall–Kier alpha value is -0.0800. The zero-order valence-corrected chi connectivity index (χ0v) is 8.80. The summed E-state index contributed by atoms with van der Waals surface area (Å²) in [5.74, 6) is 0.688. The van der Waals surface area contributed by atoms with E-state index in [1.54, 1.807) is 0 Å². The summed E-state index contributed by atoms with van der Waals surface area (Å²) in [5.41, 5.74) is 0. The van der Waals surface area contributed by atoms with Crippen molar-refractivity contribution in [2.24, 2.45) is 5.92 Å². The summed E-state index contributed by atoms with van der Waals surface area (Å²) in [6, 6.07) is 0. The molecule has 2 heteroatoms. The molecule has 0 aromatic heterocycles. The van der Waals surface area contributed by atoms with Gasteiger partial charge in [0.2, 0.25) is 0 Å². The van der Waals surface area contributed by atoms with E-state index >= 15 is 0 Å². The van der Waals surface area contributed by atoms with Crippen LogP contribution < -0.4 is 0 Å². The average molecular weight is 174 g/mol. The number of rotatable bonds is 7. The van der Waals surface area contributed by atoms with Crippen molar-refractivity contribution in [3.63, 3.8) is 0 Å². The maximum absolute atomic E-state index is 5.43. The van der Waals surface area contributed by atoms with Gasteiger partial charge >= 0.3 is 0 Å². The SMILES string of the molecule is CCOC(CC(C)CC)OCC. The molecule has 0 saturated heterocycles. The molecule has 0 aliphatic rings. The van der Waals surface area contributed by atoms with Crippen LogP contribution in [0.3, 0.4) is 0 Å². The zero-order valence-electron chi connectivity index (χ0n) is 8.80. The first-order chi connectivity index (χ1) is 5.74. The lowest BCUT2D eigenvalue weighted by Crippen LogP contribution is -2.20. The van der Waals surface area contributed by atoms with E-state index in [0.717, 1.165) is 19.6 Å². The van der Waals surface area contributed by atoms with Crippen molar-refractivity contribution in [2.75, 3.05) is 13.2 Å². The molecule has 0 bridgehead atoms. The molecule has 0 N–H and O–H groups in total. The first kappa shape index (κ1) is 11.9. The van der Waals surface area contributed by atoms with E-state index in [-0.39, 0.29) is 6.29 Å². The molecule has 0 heterocycles. The molecule has 12 heavy (non-hydrogen) atoms. The van der Waals surface area contributed by atoms with Gasteiger partial charge in [-0.1, -0.05) is 20.3 Å². The van der Waals surface area contributed by atoms with Gasteiger partial charge in [0.15, 0.2) is 6.29 Å². The molecule has 0 aliphatic carbocycles. The second kappa shape index (κ2) is 7.56. The first-order valence-electron chi connectivity index (χ1n) is 4.97. The molecule has 0 radical (unpaired) electrons. The van der Waals surface area contributed by atoms with Crippen LogP contribution in [0.2, 0.25) is 0 Å². The van der Waals surface area contributed by atoms with Gasteiger partial charge in [0.1, 0.15) is 0 Å². The Morgan fingerprint density at radius 1 is 1.00 bits per heavy atom. The van der Waals surface area contributed by atoms with Crippen molar-refractivity contribution in [1.29, 1.82) is 0 Å². The Bertz CT molecular complexity index is 87.8. The van der Waals surface area contributed by atoms with E-state index in [0.29, 0.717) is 5.92 Å². The van der Waals surface area contributed by atoms with Crippen molar-refractivity contribution < 1.29 is 9.47 Å². The van der Waals surface area contributed by atoms with E-state index in [4.69, 9.17) is 9.47 Å². The molecule has 0 spiro atoms. The van der Waals surface area contributed by atoms with Crippen molar-refractivity contribution in [1.82, 2.24) is 0 Å². The molecule has 0 aromatic rings. The lowest BCUT2D eigenvalue weighted by atomic mass is 10.1. The van der Waals surface area contributed by atoms with Crippen molar-refractivity contribution in [3.05, 3.63) is 0 Å². The van der Waals surface area contributed by atoms with E-state index in [1.165, 1.54) is 6.42 Å². The summed E-state index contributed by atoms with van der Waals surface area (Å²) >= 11 is 0. The molecule has 1 unspecified atom stereocenters. The van der Waals surface area contributed by atoms with E-state index in [2.05, 4.69) is 13.8 Å². The van der Waals surface area contributed by atoms with Crippen LogP contribution in [0.5, 0.6) is 0 Å². The fourth-order valence-electron chi connectivity index (χ4n) is 1.05. The quantitative estimate of drug-likeness (QED) is 0.552. The highest BCUT2D eigenvalue weighted by Gasteiger charge is 2.11. The van der Waals surface area contributed by atoms with Crippen molar-refractivity contribution in [2.45, 2.75) is 46.8 Å². The minimum Gasteiger partial charge on any atom is -0.353 e. The third kappa shape index (κ3) is 5.56. The molecular formula is C10H22O2. The van der Waals surface area contributed by atoms with Crippen LogP contribution in [-0.4, -0.2) is 19.5 Å². The highest BCUT2D eigenvalue weighted by molar-refractivity contribution is 4.53. The monoisotopic (exact) mass is 174 g/mol. The third-order valence-corrected chi connectivity index (χ3v) is 2.00. The molecule has 0 aromatic carbocycles. The van der Waals surface area contributed by atoms with Gasteiger partial charge in [0.25, 0.3) is 0 Å². The lowest BCUT2D eigenvalue weighted by molar-refractivity contribution is -0.145. The van der Waals surface area contributed by atoms with Gasteiger partial charge in [-0.25, -0.2) is 0 Å². The normalized spacial score (nSPS) is 13.8. The van der Waals surface area contributed by atoms with Crippen LogP contribution in [0.25, 0.3) is 0 Å². The molecule has 0 rings (SSSR count). The van der Waals surface area contributed by atoms with Gasteiger partial charge in [-0.15, -0.1) is 0 Å². The van der Waals surface area contributed by atoms with Gasteiger partial charge in [-0.2, -0.15) is 0 Å². The van der Waals surface area contributed by atoms with Crippen LogP contribution in [0.4, 0.5) is 0 Å². The van der Waals surface area contributed by atoms with Crippen LogP contribution in [0.15, 0.2) is 0 Å². The topological polar surface area (TPSA) is 18.5 Å². The van der Waals surface area contributed by atoms with E-state index < -0.39 is 0 Å². The number of hydrogen-bond acceptors (Lipinski definition) is 2. The highest BCUT2D eigenvalue weighted by Crippen LogP contribution is 2.13. The van der Waals surface area contributed by atoms with Gasteiger partial charge in [-0.05, 0) is 19.8 Å².